The zero-order valence-electron chi connectivity index (χ0n) is 23.2. The molecule has 42 heavy (non-hydrogen) atoms. The molecule has 0 spiro atoms. The number of benzene rings is 3. The molecule has 0 radical (unpaired) electrons. The highest BCUT2D eigenvalue weighted by molar-refractivity contribution is 6.18. The maximum atomic E-state index is 14.1. The van der Waals surface area contributed by atoms with Gasteiger partial charge in [-0.3, -0.25) is 4.79 Å². The summed E-state index contributed by atoms with van der Waals surface area (Å²) in [5.41, 5.74) is 2.87. The minimum atomic E-state index is -0.951. The molecule has 0 fully saturated rings. The Morgan fingerprint density at radius 1 is 0.857 bits per heavy atom. The number of carbonyl (C=O) groups excluding carboxylic acids is 1. The first-order valence-electron chi connectivity index (χ1n) is 13.2. The number of carbonyl (C=O) groups is 1. The quantitative estimate of drug-likeness (QED) is 0.191. The first-order chi connectivity index (χ1) is 20.4. The van der Waals surface area contributed by atoms with Crippen LogP contribution in [0.1, 0.15) is 20.8 Å². The molecular formula is C29H27FN10O2. The summed E-state index contributed by atoms with van der Waals surface area (Å²) in [5, 5.41) is 22.5. The van der Waals surface area contributed by atoms with Crippen LogP contribution in [-0.4, -0.2) is 45.7 Å². The average molecular weight is 567 g/mol. The van der Waals surface area contributed by atoms with Gasteiger partial charge in [0.05, 0.1) is 28.5 Å². The van der Waals surface area contributed by atoms with Gasteiger partial charge in [0.15, 0.2) is 6.04 Å². The van der Waals surface area contributed by atoms with Gasteiger partial charge in [0.1, 0.15) is 5.75 Å². The highest BCUT2D eigenvalue weighted by Gasteiger charge is 2.35. The number of azo groups is 2. The second kappa shape index (κ2) is 12.8. The zero-order valence-corrected chi connectivity index (χ0v) is 23.2. The zero-order chi connectivity index (χ0) is 29.5. The Hall–Kier alpha value is -5.46. The van der Waals surface area contributed by atoms with Gasteiger partial charge in [-0.15, -0.1) is 4.98 Å². The number of ether oxygens (including phenoxy) is 1. The number of anilines is 2. The highest BCUT2D eigenvalue weighted by Crippen LogP contribution is 2.29. The van der Waals surface area contributed by atoms with Crippen molar-refractivity contribution in [2.45, 2.75) is 26.8 Å². The van der Waals surface area contributed by atoms with Crippen LogP contribution in [0.2, 0.25) is 0 Å². The normalized spacial score (nSPS) is 15.0. The van der Waals surface area contributed by atoms with Gasteiger partial charge in [-0.1, -0.05) is 24.3 Å². The van der Waals surface area contributed by atoms with Crippen LogP contribution in [0.3, 0.4) is 0 Å². The molecule has 3 aromatic carbocycles. The summed E-state index contributed by atoms with van der Waals surface area (Å²) in [6, 6.07) is 21.9. The van der Waals surface area contributed by atoms with E-state index in [9.17, 15) is 9.18 Å². The monoisotopic (exact) mass is 566 g/mol. The lowest BCUT2D eigenvalue weighted by atomic mass is 10.2. The van der Waals surface area contributed by atoms with E-state index in [0.29, 0.717) is 41.6 Å². The van der Waals surface area contributed by atoms with Crippen LogP contribution in [0, 0.1) is 6.08 Å². The molecule has 1 aliphatic rings. The third kappa shape index (κ3) is 6.63. The SMILES string of the molecule is CCN(CC)c1nc(F)nc(Oc2cccc(N3N=C(C)C(N=Nc4ccc(N=Nc5ccccc5)cc4)C3=O)c2)n1. The maximum Gasteiger partial charge on any atom is 0.329 e. The van der Waals surface area contributed by atoms with E-state index < -0.39 is 12.1 Å². The highest BCUT2D eigenvalue weighted by atomic mass is 19.1. The van der Waals surface area contributed by atoms with Crippen molar-refractivity contribution in [2.24, 2.45) is 25.6 Å². The van der Waals surface area contributed by atoms with Gasteiger partial charge < -0.3 is 9.64 Å². The van der Waals surface area contributed by atoms with E-state index in [4.69, 9.17) is 4.74 Å². The van der Waals surface area contributed by atoms with Crippen LogP contribution in [0.15, 0.2) is 104 Å². The molecule has 0 aliphatic carbocycles. The van der Waals surface area contributed by atoms with Crippen molar-refractivity contribution in [3.63, 3.8) is 0 Å². The maximum absolute atomic E-state index is 14.1. The summed E-state index contributed by atoms with van der Waals surface area (Å²) >= 11 is 0. The van der Waals surface area contributed by atoms with Crippen molar-refractivity contribution in [3.05, 3.63) is 84.9 Å². The smallest absolute Gasteiger partial charge is 0.329 e. The van der Waals surface area contributed by atoms with Crippen LogP contribution in [0.25, 0.3) is 0 Å². The Balaban J connectivity index is 1.26. The Morgan fingerprint density at radius 2 is 1.52 bits per heavy atom. The number of halogens is 1. The van der Waals surface area contributed by atoms with Gasteiger partial charge in [0, 0.05) is 19.2 Å². The molecule has 0 saturated carbocycles. The topological polar surface area (TPSA) is 133 Å². The number of rotatable bonds is 10. The van der Waals surface area contributed by atoms with Crippen LogP contribution in [0.4, 0.5) is 33.1 Å². The van der Waals surface area contributed by atoms with E-state index in [1.807, 2.05) is 44.2 Å². The van der Waals surface area contributed by atoms with Crippen molar-refractivity contribution in [1.82, 2.24) is 15.0 Å². The van der Waals surface area contributed by atoms with E-state index in [0.717, 1.165) is 5.69 Å². The average Bonchev–Trinajstić information content (AvgIpc) is 3.29. The Bertz CT molecular complexity index is 1640. The van der Waals surface area contributed by atoms with Crippen LogP contribution < -0.4 is 14.6 Å². The van der Waals surface area contributed by atoms with Crippen molar-refractivity contribution >= 4 is 40.3 Å². The molecule has 5 rings (SSSR count). The molecule has 1 unspecified atom stereocenters. The fourth-order valence-corrected chi connectivity index (χ4v) is 3.99. The van der Waals surface area contributed by atoms with E-state index >= 15 is 0 Å². The van der Waals surface area contributed by atoms with Gasteiger partial charge in [-0.05, 0) is 69.3 Å². The number of nitrogens with zero attached hydrogens (tertiary/aromatic N) is 10. The van der Waals surface area contributed by atoms with Crippen molar-refractivity contribution in [3.8, 4) is 11.8 Å². The standard InChI is InChI=1S/C29H27FN10O2/c1-4-39(5-2)28-31-27(30)32-29(33-28)42-24-13-9-12-23(18-24)40-26(41)25(19(3)38-40)37-36-22-16-14-21(15-17-22)35-34-20-10-7-6-8-11-20/h6-18,25H,4-5H2,1-3H3. The summed E-state index contributed by atoms with van der Waals surface area (Å²) in [4.78, 5) is 26.6. The number of aromatic nitrogens is 3. The van der Waals surface area contributed by atoms with Crippen molar-refractivity contribution in [2.75, 3.05) is 23.0 Å². The molecule has 12 nitrogen and oxygen atoms in total. The third-order valence-electron chi connectivity index (χ3n) is 6.17. The second-order valence-electron chi connectivity index (χ2n) is 9.02. The predicted molar refractivity (Wildman–Crippen MR) is 156 cm³/mol. The van der Waals surface area contributed by atoms with E-state index in [1.165, 1.54) is 5.01 Å². The van der Waals surface area contributed by atoms with E-state index in [-0.39, 0.29) is 17.9 Å². The largest absolute Gasteiger partial charge is 0.424 e. The predicted octanol–water partition coefficient (Wildman–Crippen LogP) is 6.94. The fraction of sp³-hybridized carbons (Fsp3) is 0.207. The molecular weight excluding hydrogens is 539 g/mol. The molecule has 1 atom stereocenters. The van der Waals surface area contributed by atoms with E-state index in [1.54, 1.807) is 60.4 Å². The summed E-state index contributed by atoms with van der Waals surface area (Å²) in [6.07, 6.45) is -0.951. The van der Waals surface area contributed by atoms with Crippen LogP contribution >= 0.6 is 0 Å². The van der Waals surface area contributed by atoms with Crippen molar-refractivity contribution in [1.29, 1.82) is 0 Å². The first kappa shape index (κ1) is 28.1. The lowest BCUT2D eigenvalue weighted by molar-refractivity contribution is -0.117. The Labute approximate surface area is 241 Å². The number of hydrazone groups is 1. The van der Waals surface area contributed by atoms with Gasteiger partial charge in [-0.25, -0.2) is 0 Å². The summed E-state index contributed by atoms with van der Waals surface area (Å²) in [6.45, 7) is 6.71. The van der Waals surface area contributed by atoms with Gasteiger partial charge in [0.2, 0.25) is 5.95 Å². The first-order valence-corrected chi connectivity index (χ1v) is 13.2. The van der Waals surface area contributed by atoms with Gasteiger partial charge in [-0.2, -0.15) is 44.9 Å². The number of hydrogen-bond donors (Lipinski definition) is 0. The van der Waals surface area contributed by atoms with Crippen LogP contribution in [0.5, 0.6) is 11.8 Å². The molecule has 13 heteroatoms. The number of amides is 1. The molecule has 1 aromatic heterocycles. The molecule has 4 aromatic rings. The Kier molecular flexibility index (Phi) is 8.56. The fourth-order valence-electron chi connectivity index (χ4n) is 3.99. The molecule has 0 N–H and O–H groups in total. The molecule has 1 amide bonds. The van der Waals surface area contributed by atoms with E-state index in [2.05, 4.69) is 40.5 Å². The summed E-state index contributed by atoms with van der Waals surface area (Å²) < 4.78 is 19.8. The molecule has 0 bridgehead atoms. The van der Waals surface area contributed by atoms with Gasteiger partial charge in [0.25, 0.3) is 5.91 Å². The molecule has 212 valence electrons. The Morgan fingerprint density at radius 3 is 2.21 bits per heavy atom. The molecule has 0 saturated heterocycles. The number of hydrogen-bond acceptors (Lipinski definition) is 11. The van der Waals surface area contributed by atoms with Crippen molar-refractivity contribution < 1.29 is 13.9 Å². The summed E-state index contributed by atoms with van der Waals surface area (Å²) in [7, 11) is 0. The molecule has 1 aliphatic heterocycles. The lowest BCUT2D eigenvalue weighted by Crippen LogP contribution is -2.29. The van der Waals surface area contributed by atoms with Crippen LogP contribution in [-0.2, 0) is 4.79 Å². The minimum Gasteiger partial charge on any atom is -0.424 e. The minimum absolute atomic E-state index is 0.174. The second-order valence-corrected chi connectivity index (χ2v) is 9.02. The summed E-state index contributed by atoms with van der Waals surface area (Å²) in [5.74, 6) is 0.0866. The third-order valence-corrected chi connectivity index (χ3v) is 6.17. The molecule has 2 heterocycles. The lowest BCUT2D eigenvalue weighted by Gasteiger charge is -2.18. The van der Waals surface area contributed by atoms with Gasteiger partial charge >= 0.3 is 12.1 Å².